The monoisotopic (exact) mass is 327 g/mol. The number of nitrogens with one attached hydrogen (secondary N) is 1. The molecule has 0 saturated heterocycles. The molecule has 1 atom stereocenters. The van der Waals surface area contributed by atoms with Crippen molar-refractivity contribution in [3.63, 3.8) is 0 Å². The number of hydrogen-bond donors (Lipinski definition) is 1. The maximum atomic E-state index is 12.7. The van der Waals surface area contributed by atoms with Gasteiger partial charge >= 0.3 is 0 Å². The molecule has 3 rings (SSSR count). The fraction of sp³-hybridized carbons (Fsp3) is 0.625. The molecular weight excluding hydrogens is 306 g/mol. The summed E-state index contributed by atoms with van der Waals surface area (Å²) in [5, 5.41) is 0.382. The van der Waals surface area contributed by atoms with Crippen molar-refractivity contribution in [3.8, 4) is 0 Å². The van der Waals surface area contributed by atoms with E-state index in [0.29, 0.717) is 10.7 Å². The van der Waals surface area contributed by atoms with E-state index in [1.165, 1.54) is 0 Å². The summed E-state index contributed by atoms with van der Waals surface area (Å²) in [6.07, 6.45) is 6.28. The van der Waals surface area contributed by atoms with Crippen LogP contribution >= 0.6 is 11.6 Å². The van der Waals surface area contributed by atoms with Crippen molar-refractivity contribution in [2.24, 2.45) is 11.3 Å². The summed E-state index contributed by atoms with van der Waals surface area (Å²) < 4.78 is 28.1. The van der Waals surface area contributed by atoms with Crippen molar-refractivity contribution in [2.75, 3.05) is 4.72 Å². The molecule has 0 heterocycles. The van der Waals surface area contributed by atoms with Crippen LogP contribution < -0.4 is 4.72 Å². The summed E-state index contributed by atoms with van der Waals surface area (Å²) in [5.74, 6) is 0.740. The SMILES string of the molecule is CC1CCC2(CC1)CCC2S(=O)(=O)Nc1ccc(Cl)cc1. The van der Waals surface area contributed by atoms with Gasteiger partial charge in [0.25, 0.3) is 0 Å². The van der Waals surface area contributed by atoms with Crippen molar-refractivity contribution in [3.05, 3.63) is 29.3 Å². The molecule has 1 N–H and O–H groups in total. The molecule has 116 valence electrons. The molecule has 0 amide bonds. The third-order valence-electron chi connectivity index (χ3n) is 5.34. The highest BCUT2D eigenvalue weighted by Gasteiger charge is 2.53. The first-order valence-corrected chi connectivity index (χ1v) is 9.61. The molecule has 1 spiro atoms. The standard InChI is InChI=1S/C16H22ClNO2S/c1-12-6-9-16(10-7-12)11-8-15(16)21(19,20)18-14-4-2-13(17)3-5-14/h2-5,12,15,18H,6-11H2,1H3. The van der Waals surface area contributed by atoms with E-state index in [2.05, 4.69) is 11.6 Å². The fourth-order valence-electron chi connectivity index (χ4n) is 3.82. The second-order valence-electron chi connectivity index (χ2n) is 6.73. The van der Waals surface area contributed by atoms with Crippen LogP contribution in [0.2, 0.25) is 5.02 Å². The lowest BCUT2D eigenvalue weighted by Crippen LogP contribution is -2.52. The van der Waals surface area contributed by atoms with E-state index in [-0.39, 0.29) is 10.7 Å². The Morgan fingerprint density at radius 1 is 1.10 bits per heavy atom. The van der Waals surface area contributed by atoms with Crippen LogP contribution in [0.15, 0.2) is 24.3 Å². The highest BCUT2D eigenvalue weighted by atomic mass is 35.5. The molecule has 0 aliphatic heterocycles. The van der Waals surface area contributed by atoms with Gasteiger partial charge in [0.1, 0.15) is 0 Å². The highest BCUT2D eigenvalue weighted by molar-refractivity contribution is 7.93. The Morgan fingerprint density at radius 3 is 2.19 bits per heavy atom. The fourth-order valence-corrected chi connectivity index (χ4v) is 5.99. The topological polar surface area (TPSA) is 46.2 Å². The Hall–Kier alpha value is -0.740. The van der Waals surface area contributed by atoms with Gasteiger partial charge < -0.3 is 0 Å². The van der Waals surface area contributed by atoms with Gasteiger partial charge in [-0.2, -0.15) is 0 Å². The van der Waals surface area contributed by atoms with Gasteiger partial charge in [-0.05, 0) is 61.3 Å². The third-order valence-corrected chi connectivity index (χ3v) is 7.59. The number of halogens is 1. The minimum Gasteiger partial charge on any atom is -0.283 e. The summed E-state index contributed by atoms with van der Waals surface area (Å²) in [4.78, 5) is 0. The normalized spacial score (nSPS) is 32.7. The molecule has 2 aliphatic carbocycles. The Balaban J connectivity index is 1.74. The van der Waals surface area contributed by atoms with Crippen molar-refractivity contribution < 1.29 is 8.42 Å². The lowest BCUT2D eigenvalue weighted by molar-refractivity contribution is 0.0648. The Morgan fingerprint density at radius 2 is 1.67 bits per heavy atom. The molecule has 2 aliphatic rings. The molecular formula is C16H22ClNO2S. The Labute approximate surface area is 132 Å². The average Bonchev–Trinajstić information content (AvgIpc) is 2.40. The first kappa shape index (κ1) is 15.2. The summed E-state index contributed by atoms with van der Waals surface area (Å²) in [6, 6.07) is 6.85. The lowest BCUT2D eigenvalue weighted by Gasteiger charge is -2.52. The summed E-state index contributed by atoms with van der Waals surface area (Å²) in [6.45, 7) is 2.26. The van der Waals surface area contributed by atoms with Gasteiger partial charge in [-0.3, -0.25) is 4.72 Å². The summed E-state index contributed by atoms with van der Waals surface area (Å²) in [7, 11) is -3.31. The number of benzene rings is 1. The number of sulfonamides is 1. The molecule has 2 saturated carbocycles. The molecule has 5 heteroatoms. The van der Waals surface area contributed by atoms with Crippen molar-refractivity contribution in [1.29, 1.82) is 0 Å². The molecule has 21 heavy (non-hydrogen) atoms. The Bertz CT molecular complexity index is 604. The van der Waals surface area contributed by atoms with Gasteiger partial charge in [-0.25, -0.2) is 8.42 Å². The highest BCUT2D eigenvalue weighted by Crippen LogP contribution is 2.55. The predicted molar refractivity (Wildman–Crippen MR) is 87.1 cm³/mol. The smallest absolute Gasteiger partial charge is 0.236 e. The molecule has 1 unspecified atom stereocenters. The van der Waals surface area contributed by atoms with Crippen LogP contribution in [-0.2, 0) is 10.0 Å². The molecule has 1 aromatic carbocycles. The maximum Gasteiger partial charge on any atom is 0.236 e. The molecule has 0 aromatic heterocycles. The predicted octanol–water partition coefficient (Wildman–Crippen LogP) is 4.44. The minimum atomic E-state index is -3.31. The van der Waals surface area contributed by atoms with Gasteiger partial charge in [-0.15, -0.1) is 0 Å². The van der Waals surface area contributed by atoms with Crippen LogP contribution in [0.25, 0.3) is 0 Å². The number of hydrogen-bond acceptors (Lipinski definition) is 2. The maximum absolute atomic E-state index is 12.7. The zero-order chi connectivity index (χ0) is 15.1. The number of anilines is 1. The van der Waals surface area contributed by atoms with Crippen LogP contribution in [-0.4, -0.2) is 13.7 Å². The second-order valence-corrected chi connectivity index (χ2v) is 9.03. The van der Waals surface area contributed by atoms with Crippen LogP contribution in [0.4, 0.5) is 5.69 Å². The van der Waals surface area contributed by atoms with E-state index in [1.807, 2.05) is 0 Å². The molecule has 2 fully saturated rings. The second kappa shape index (κ2) is 5.47. The largest absolute Gasteiger partial charge is 0.283 e. The van der Waals surface area contributed by atoms with E-state index >= 15 is 0 Å². The lowest BCUT2D eigenvalue weighted by atomic mass is 9.59. The molecule has 0 radical (unpaired) electrons. The number of rotatable bonds is 3. The van der Waals surface area contributed by atoms with Gasteiger partial charge in [-0.1, -0.05) is 31.4 Å². The van der Waals surface area contributed by atoms with E-state index in [1.54, 1.807) is 24.3 Å². The van der Waals surface area contributed by atoms with Gasteiger partial charge in [0.05, 0.1) is 5.25 Å². The zero-order valence-corrected chi connectivity index (χ0v) is 13.9. The average molecular weight is 328 g/mol. The first-order valence-electron chi connectivity index (χ1n) is 7.68. The summed E-state index contributed by atoms with van der Waals surface area (Å²) >= 11 is 5.84. The van der Waals surface area contributed by atoms with E-state index in [0.717, 1.165) is 44.4 Å². The first-order chi connectivity index (χ1) is 9.91. The van der Waals surface area contributed by atoms with E-state index in [4.69, 9.17) is 11.6 Å². The third kappa shape index (κ3) is 2.93. The zero-order valence-electron chi connectivity index (χ0n) is 12.3. The van der Waals surface area contributed by atoms with Crippen molar-refractivity contribution in [2.45, 2.75) is 50.7 Å². The quantitative estimate of drug-likeness (QED) is 0.892. The van der Waals surface area contributed by atoms with Crippen LogP contribution in [0.1, 0.15) is 45.4 Å². The van der Waals surface area contributed by atoms with Gasteiger partial charge in [0.15, 0.2) is 0 Å². The van der Waals surface area contributed by atoms with Crippen LogP contribution in [0.3, 0.4) is 0 Å². The van der Waals surface area contributed by atoms with E-state index in [9.17, 15) is 8.42 Å². The van der Waals surface area contributed by atoms with E-state index < -0.39 is 10.0 Å². The van der Waals surface area contributed by atoms with Gasteiger partial charge in [0.2, 0.25) is 10.0 Å². The summed E-state index contributed by atoms with van der Waals surface area (Å²) in [5.41, 5.74) is 0.635. The minimum absolute atomic E-state index is 0.0325. The Kier molecular flexibility index (Phi) is 3.95. The van der Waals surface area contributed by atoms with Crippen molar-refractivity contribution >= 4 is 27.3 Å². The van der Waals surface area contributed by atoms with Crippen molar-refractivity contribution in [1.82, 2.24) is 0 Å². The molecule has 1 aromatic rings. The van der Waals surface area contributed by atoms with Crippen LogP contribution in [0, 0.1) is 11.3 Å². The molecule has 3 nitrogen and oxygen atoms in total. The molecule has 0 bridgehead atoms. The van der Waals surface area contributed by atoms with Crippen LogP contribution in [0.5, 0.6) is 0 Å². The van der Waals surface area contributed by atoms with Gasteiger partial charge in [0, 0.05) is 10.7 Å².